The number of aryl methyl sites for hydroxylation is 2. The van der Waals surface area contributed by atoms with Crippen molar-refractivity contribution in [3.63, 3.8) is 0 Å². The molecule has 0 aliphatic rings. The molecule has 0 saturated carbocycles. The van der Waals surface area contributed by atoms with Crippen LogP contribution < -0.4 is 5.32 Å². The Morgan fingerprint density at radius 2 is 2.03 bits per heavy atom. The summed E-state index contributed by atoms with van der Waals surface area (Å²) in [5.74, 6) is 4.84. The van der Waals surface area contributed by atoms with E-state index in [0.717, 1.165) is 16.7 Å². The highest BCUT2D eigenvalue weighted by Crippen LogP contribution is 2.20. The van der Waals surface area contributed by atoms with Crippen LogP contribution in [-0.2, 0) is 20.9 Å². The number of amides is 3. The Kier molecular flexibility index (Phi) is 7.27. The molecule has 6 nitrogen and oxygen atoms in total. The van der Waals surface area contributed by atoms with Crippen LogP contribution in [0.15, 0.2) is 42.7 Å². The minimum absolute atomic E-state index is 0.0379. The molecule has 1 aromatic heterocycles. The summed E-state index contributed by atoms with van der Waals surface area (Å²) in [4.78, 5) is 41.4. The van der Waals surface area contributed by atoms with Gasteiger partial charge in [0, 0.05) is 38.0 Å². The molecule has 29 heavy (non-hydrogen) atoms. The van der Waals surface area contributed by atoms with E-state index in [2.05, 4.69) is 22.1 Å². The van der Waals surface area contributed by atoms with Crippen molar-refractivity contribution in [1.82, 2.24) is 15.2 Å². The number of benzene rings is 1. The highest BCUT2D eigenvalue weighted by molar-refractivity contribution is 5.98. The number of nitrogens with zero attached hydrogens (tertiary/aromatic N) is 2. The Hall–Kier alpha value is -3.46. The average molecular weight is 391 g/mol. The number of aromatic nitrogens is 1. The summed E-state index contributed by atoms with van der Waals surface area (Å²) >= 11 is 0. The van der Waals surface area contributed by atoms with Gasteiger partial charge in [0.2, 0.25) is 18.2 Å². The Labute approximate surface area is 171 Å². The zero-order valence-corrected chi connectivity index (χ0v) is 17.2. The fraction of sp³-hybridized carbons (Fsp3) is 0.304. The molecule has 0 spiro atoms. The molecule has 150 valence electrons. The smallest absolute Gasteiger partial charge is 0.246 e. The van der Waals surface area contributed by atoms with Crippen LogP contribution in [0.5, 0.6) is 0 Å². The maximum Gasteiger partial charge on any atom is 0.246 e. The second kappa shape index (κ2) is 9.65. The van der Waals surface area contributed by atoms with Crippen LogP contribution in [0.4, 0.5) is 0 Å². The molecule has 0 saturated heterocycles. The molecule has 3 amide bonds. The highest BCUT2D eigenvalue weighted by atomic mass is 16.2. The number of carbonyl (C=O) groups excluding carboxylic acids is 3. The van der Waals surface area contributed by atoms with Gasteiger partial charge in [-0.05, 0) is 44.0 Å². The summed E-state index contributed by atoms with van der Waals surface area (Å²) < 4.78 is 0. The monoisotopic (exact) mass is 391 g/mol. The van der Waals surface area contributed by atoms with Gasteiger partial charge in [0.25, 0.3) is 0 Å². The first-order valence-electron chi connectivity index (χ1n) is 9.24. The molecular formula is C23H25N3O3. The zero-order valence-electron chi connectivity index (χ0n) is 17.2. The van der Waals surface area contributed by atoms with Gasteiger partial charge in [-0.1, -0.05) is 35.6 Å². The molecule has 1 unspecified atom stereocenters. The van der Waals surface area contributed by atoms with Crippen molar-refractivity contribution >= 4 is 18.2 Å². The molecule has 0 fully saturated rings. The second-order valence-electron chi connectivity index (χ2n) is 7.27. The lowest BCUT2D eigenvalue weighted by Crippen LogP contribution is -2.47. The Morgan fingerprint density at radius 3 is 2.62 bits per heavy atom. The third-order valence-corrected chi connectivity index (χ3v) is 4.47. The van der Waals surface area contributed by atoms with Gasteiger partial charge in [-0.3, -0.25) is 24.7 Å². The van der Waals surface area contributed by atoms with Gasteiger partial charge in [-0.25, -0.2) is 0 Å². The molecule has 0 bridgehead atoms. The first-order chi connectivity index (χ1) is 13.7. The predicted molar refractivity (Wildman–Crippen MR) is 110 cm³/mol. The van der Waals surface area contributed by atoms with Crippen molar-refractivity contribution in [2.24, 2.45) is 5.41 Å². The average Bonchev–Trinajstić information content (AvgIpc) is 2.68. The lowest BCUT2D eigenvalue weighted by Gasteiger charge is -2.28. The number of imide groups is 1. The van der Waals surface area contributed by atoms with E-state index >= 15 is 0 Å². The first-order valence-corrected chi connectivity index (χ1v) is 9.24. The Balaban J connectivity index is 2.31. The number of carbonyl (C=O) groups is 3. The third kappa shape index (κ3) is 6.28. The minimum Gasteiger partial charge on any atom is -0.339 e. The van der Waals surface area contributed by atoms with E-state index in [4.69, 9.17) is 0 Å². The van der Waals surface area contributed by atoms with Gasteiger partial charge in [-0.2, -0.15) is 0 Å². The molecule has 2 aromatic rings. The second-order valence-corrected chi connectivity index (χ2v) is 7.27. The summed E-state index contributed by atoms with van der Waals surface area (Å²) in [5.41, 5.74) is 2.55. The quantitative estimate of drug-likeness (QED) is 0.606. The van der Waals surface area contributed by atoms with Crippen molar-refractivity contribution in [3.8, 4) is 11.8 Å². The third-order valence-electron chi connectivity index (χ3n) is 4.47. The lowest BCUT2D eigenvalue weighted by molar-refractivity contribution is -0.134. The van der Waals surface area contributed by atoms with Crippen molar-refractivity contribution in [1.29, 1.82) is 0 Å². The lowest BCUT2D eigenvalue weighted by atomic mass is 9.88. The van der Waals surface area contributed by atoms with E-state index in [9.17, 15) is 14.4 Å². The molecule has 0 aliphatic heterocycles. The van der Waals surface area contributed by atoms with Crippen LogP contribution in [-0.4, -0.2) is 34.7 Å². The Morgan fingerprint density at radius 1 is 1.28 bits per heavy atom. The van der Waals surface area contributed by atoms with E-state index in [1.165, 1.54) is 11.8 Å². The van der Waals surface area contributed by atoms with Crippen LogP contribution in [0, 0.1) is 31.1 Å². The van der Waals surface area contributed by atoms with Gasteiger partial charge in [0.1, 0.15) is 5.41 Å². The molecule has 0 radical (unpaired) electrons. The predicted octanol–water partition coefficient (Wildman–Crippen LogP) is 2.38. The fourth-order valence-electron chi connectivity index (χ4n) is 2.89. The van der Waals surface area contributed by atoms with Gasteiger partial charge in [0.05, 0.1) is 0 Å². The van der Waals surface area contributed by atoms with Gasteiger partial charge >= 0.3 is 0 Å². The number of hydrogen-bond acceptors (Lipinski definition) is 4. The number of hydrogen-bond donors (Lipinski definition) is 1. The molecule has 1 aromatic carbocycles. The van der Waals surface area contributed by atoms with Gasteiger partial charge < -0.3 is 4.90 Å². The summed E-state index contributed by atoms with van der Waals surface area (Å²) in [5, 5.41) is 2.29. The summed E-state index contributed by atoms with van der Waals surface area (Å²) in [6, 6.07) is 9.51. The fourth-order valence-corrected chi connectivity index (χ4v) is 2.89. The molecule has 2 rings (SSSR count). The van der Waals surface area contributed by atoms with Crippen molar-refractivity contribution < 1.29 is 14.4 Å². The minimum atomic E-state index is -1.28. The van der Waals surface area contributed by atoms with Crippen LogP contribution in [0.2, 0.25) is 0 Å². The SMILES string of the molecule is CC(=O)NC(=O)C(C)(C#Cc1cccnc1)CN(C=O)Cc1ccc(C)cc1C. The molecular weight excluding hydrogens is 366 g/mol. The standard InChI is InChI=1S/C23H25N3O3/c1-17-7-8-21(18(2)12-17)14-26(16-27)15-23(4,22(29)25-19(3)28)10-9-20-6-5-11-24-13-20/h5-8,11-13,16H,14-15H2,1-4H3,(H,25,28,29). The van der Waals surface area contributed by atoms with Crippen molar-refractivity contribution in [3.05, 3.63) is 65.0 Å². The van der Waals surface area contributed by atoms with Gasteiger partial charge in [-0.15, -0.1) is 0 Å². The molecule has 6 heteroatoms. The summed E-state index contributed by atoms with van der Waals surface area (Å²) in [6.45, 7) is 7.25. The first kappa shape index (κ1) is 21.8. The van der Waals surface area contributed by atoms with Crippen LogP contribution in [0.1, 0.15) is 36.1 Å². The van der Waals surface area contributed by atoms with E-state index in [1.54, 1.807) is 31.5 Å². The van der Waals surface area contributed by atoms with E-state index < -0.39 is 17.2 Å². The molecule has 1 heterocycles. The Bertz CT molecular complexity index is 960. The molecule has 0 aliphatic carbocycles. The maximum absolute atomic E-state index is 12.7. The van der Waals surface area contributed by atoms with Crippen LogP contribution in [0.3, 0.4) is 0 Å². The van der Waals surface area contributed by atoms with Gasteiger partial charge in [0.15, 0.2) is 0 Å². The zero-order chi connectivity index (χ0) is 21.4. The normalized spacial score (nSPS) is 12.1. The largest absolute Gasteiger partial charge is 0.339 e. The molecule has 1 N–H and O–H groups in total. The van der Waals surface area contributed by atoms with Crippen LogP contribution in [0.25, 0.3) is 0 Å². The van der Waals surface area contributed by atoms with E-state index in [1.807, 2.05) is 32.0 Å². The number of pyridine rings is 1. The topological polar surface area (TPSA) is 79.4 Å². The summed E-state index contributed by atoms with van der Waals surface area (Å²) in [7, 11) is 0. The van der Waals surface area contributed by atoms with E-state index in [-0.39, 0.29) is 6.54 Å². The molecule has 1 atom stereocenters. The summed E-state index contributed by atoms with van der Waals surface area (Å²) in [6.07, 6.45) is 3.92. The van der Waals surface area contributed by atoms with Crippen molar-refractivity contribution in [2.75, 3.05) is 6.54 Å². The highest BCUT2D eigenvalue weighted by Gasteiger charge is 2.34. The van der Waals surface area contributed by atoms with Crippen molar-refractivity contribution in [2.45, 2.75) is 34.2 Å². The number of rotatable bonds is 6. The maximum atomic E-state index is 12.7. The van der Waals surface area contributed by atoms with E-state index in [0.29, 0.717) is 18.5 Å². The number of nitrogens with one attached hydrogen (secondary N) is 1. The van der Waals surface area contributed by atoms with Crippen LogP contribution >= 0.6 is 0 Å².